The summed E-state index contributed by atoms with van der Waals surface area (Å²) in [4.78, 5) is 55.3. The Labute approximate surface area is 256 Å². The highest BCUT2D eigenvalue weighted by Crippen LogP contribution is 2.71. The van der Waals surface area contributed by atoms with Crippen LogP contribution in [-0.2, 0) is 19.2 Å². The number of aliphatic hydroxyl groups excluding tert-OH is 2. The second-order valence-corrected chi connectivity index (χ2v) is 12.9. The van der Waals surface area contributed by atoms with Crippen molar-refractivity contribution < 1.29 is 39.6 Å². The highest BCUT2D eigenvalue weighted by Gasteiger charge is 2.76. The number of phenolic OH excluding ortho intramolecular Hbond substituents is 1. The zero-order valence-electron chi connectivity index (χ0n) is 25.8. The van der Waals surface area contributed by atoms with E-state index in [4.69, 9.17) is 0 Å². The van der Waals surface area contributed by atoms with Gasteiger partial charge in [0.15, 0.2) is 17.2 Å². The molecule has 2 aromatic rings. The lowest BCUT2D eigenvalue weighted by Crippen LogP contribution is -2.73. The molecule has 230 valence electrons. The number of allylic oxidation sites excluding steroid dienone is 2. The quantitative estimate of drug-likeness (QED) is 0.306. The number of phenols is 1. The Morgan fingerprint density at radius 1 is 0.977 bits per heavy atom. The molecule has 0 bridgehead atoms. The van der Waals surface area contributed by atoms with Crippen LogP contribution in [0.2, 0.25) is 0 Å². The third-order valence-electron chi connectivity index (χ3n) is 10.4. The number of carbonyl (C=O) groups excluding carboxylic acids is 4. The molecule has 5 atom stereocenters. The number of ketones is 4. The predicted molar refractivity (Wildman–Crippen MR) is 165 cm³/mol. The van der Waals surface area contributed by atoms with Crippen molar-refractivity contribution in [2.75, 3.05) is 0 Å². The standard InChI is InChI=1S/C36H38O8/c1-7-21(38)17-25-34(5)23(16-20-12-9-8-10-13-20)22-14-11-15-24(39)27(22)31(41)29(34)33(43)36(44)32(42)26(19(4)37)30(40)28(18(2)3)35(25,36)6/h8-16,18,25,28,39,41-42,44H,7,17H2,1-6H3/b23-16+/t25-,28?,34-,35-,36+/m1/s1. The highest BCUT2D eigenvalue weighted by molar-refractivity contribution is 6.25. The Morgan fingerprint density at radius 2 is 1.61 bits per heavy atom. The molecule has 1 saturated carbocycles. The number of carbonyl (C=O) groups is 4. The monoisotopic (exact) mass is 598 g/mol. The van der Waals surface area contributed by atoms with Gasteiger partial charge in [-0.1, -0.05) is 83.2 Å². The fourth-order valence-electron chi connectivity index (χ4n) is 8.38. The van der Waals surface area contributed by atoms with Gasteiger partial charge in [-0.2, -0.15) is 0 Å². The van der Waals surface area contributed by atoms with Gasteiger partial charge < -0.3 is 20.4 Å². The number of aromatic hydroxyl groups is 1. The van der Waals surface area contributed by atoms with Gasteiger partial charge in [0.2, 0.25) is 5.78 Å². The lowest BCUT2D eigenvalue weighted by molar-refractivity contribution is -0.193. The lowest BCUT2D eigenvalue weighted by Gasteiger charge is -2.64. The first-order valence-electron chi connectivity index (χ1n) is 14.9. The van der Waals surface area contributed by atoms with E-state index in [9.17, 15) is 39.6 Å². The maximum atomic E-state index is 14.9. The number of Topliss-reactive ketones (excluding diaryl/α,β-unsaturated/α-hetero) is 4. The lowest BCUT2D eigenvalue weighted by atomic mass is 9.37. The largest absolute Gasteiger partial charge is 0.508 e. The van der Waals surface area contributed by atoms with Gasteiger partial charge in [-0.15, -0.1) is 0 Å². The minimum atomic E-state index is -2.85. The Hall–Kier alpha value is -4.30. The molecule has 0 heterocycles. The van der Waals surface area contributed by atoms with Crippen LogP contribution in [-0.4, -0.2) is 49.2 Å². The molecule has 0 aliphatic heterocycles. The van der Waals surface area contributed by atoms with Gasteiger partial charge in [0.1, 0.15) is 28.6 Å². The Kier molecular flexibility index (Phi) is 7.36. The molecule has 3 aliphatic carbocycles. The van der Waals surface area contributed by atoms with Crippen LogP contribution in [0.1, 0.15) is 71.1 Å². The van der Waals surface area contributed by atoms with Gasteiger partial charge in [-0.25, -0.2) is 0 Å². The molecule has 8 nitrogen and oxygen atoms in total. The fraction of sp³-hybridized carbons (Fsp3) is 0.389. The maximum absolute atomic E-state index is 14.9. The normalized spacial score (nSPS) is 30.8. The zero-order chi connectivity index (χ0) is 32.5. The molecular weight excluding hydrogens is 560 g/mol. The zero-order valence-corrected chi connectivity index (χ0v) is 25.8. The summed E-state index contributed by atoms with van der Waals surface area (Å²) in [6, 6.07) is 13.9. The van der Waals surface area contributed by atoms with Crippen LogP contribution in [0.25, 0.3) is 17.4 Å². The van der Waals surface area contributed by atoms with Crippen molar-refractivity contribution in [3.8, 4) is 5.75 Å². The van der Waals surface area contributed by atoms with E-state index in [1.54, 1.807) is 39.8 Å². The van der Waals surface area contributed by atoms with E-state index in [0.717, 1.165) is 12.5 Å². The number of aliphatic hydroxyl groups is 3. The van der Waals surface area contributed by atoms with E-state index in [1.165, 1.54) is 13.0 Å². The molecule has 0 aromatic heterocycles. The molecule has 4 N–H and O–H groups in total. The predicted octanol–water partition coefficient (Wildman–Crippen LogP) is 5.78. The van der Waals surface area contributed by atoms with E-state index < -0.39 is 68.6 Å². The summed E-state index contributed by atoms with van der Waals surface area (Å²) in [5.41, 5.74) is -5.54. The van der Waals surface area contributed by atoms with Crippen molar-refractivity contribution in [3.05, 3.63) is 82.1 Å². The smallest absolute Gasteiger partial charge is 0.203 e. The summed E-state index contributed by atoms with van der Waals surface area (Å²) in [7, 11) is 0. The number of rotatable bonds is 6. The van der Waals surface area contributed by atoms with Crippen LogP contribution in [0.5, 0.6) is 5.75 Å². The molecule has 1 unspecified atom stereocenters. The summed E-state index contributed by atoms with van der Waals surface area (Å²) in [6.07, 6.45) is 1.73. The van der Waals surface area contributed by atoms with Crippen LogP contribution in [0.3, 0.4) is 0 Å². The van der Waals surface area contributed by atoms with Gasteiger partial charge in [0.25, 0.3) is 0 Å². The molecule has 8 heteroatoms. The van der Waals surface area contributed by atoms with Crippen molar-refractivity contribution in [1.29, 1.82) is 0 Å². The Balaban J connectivity index is 2.02. The average Bonchev–Trinajstić information content (AvgIpc) is 2.96. The first kappa shape index (κ1) is 31.1. The number of hydrogen-bond donors (Lipinski definition) is 4. The molecular formula is C36H38O8. The molecule has 0 amide bonds. The first-order valence-corrected chi connectivity index (χ1v) is 14.9. The summed E-state index contributed by atoms with van der Waals surface area (Å²) in [5.74, 6) is -7.56. The summed E-state index contributed by atoms with van der Waals surface area (Å²) >= 11 is 0. The molecule has 44 heavy (non-hydrogen) atoms. The number of benzene rings is 2. The Morgan fingerprint density at radius 3 is 2.18 bits per heavy atom. The van der Waals surface area contributed by atoms with Gasteiger partial charge in [-0.3, -0.25) is 19.2 Å². The van der Waals surface area contributed by atoms with E-state index in [-0.39, 0.29) is 35.5 Å². The van der Waals surface area contributed by atoms with E-state index in [1.807, 2.05) is 36.4 Å². The SMILES string of the molecule is CCC(=O)C[C@H]1[C@]2(C)C(C(C)C)C(=O)C(C(C)=O)=C(O)[C@]2(O)C(=O)C2=C(O)c3c(O)cccc3/C(=C\c3ccccc3)[C@@]21C. The molecule has 0 spiro atoms. The minimum Gasteiger partial charge on any atom is -0.508 e. The van der Waals surface area contributed by atoms with E-state index >= 15 is 0 Å². The molecule has 3 aliphatic rings. The third-order valence-corrected chi connectivity index (χ3v) is 10.4. The molecule has 0 saturated heterocycles. The highest BCUT2D eigenvalue weighted by atomic mass is 16.3. The molecule has 1 fully saturated rings. The fourth-order valence-corrected chi connectivity index (χ4v) is 8.38. The first-order chi connectivity index (χ1) is 20.6. The average molecular weight is 599 g/mol. The third kappa shape index (κ3) is 3.86. The number of fused-ring (bicyclic) bond motifs is 3. The van der Waals surface area contributed by atoms with E-state index in [0.29, 0.717) is 11.1 Å². The van der Waals surface area contributed by atoms with Crippen LogP contribution in [0.15, 0.2) is 65.4 Å². The second-order valence-electron chi connectivity index (χ2n) is 12.9. The number of hydrogen-bond acceptors (Lipinski definition) is 8. The van der Waals surface area contributed by atoms with Gasteiger partial charge >= 0.3 is 0 Å². The molecule has 2 aromatic carbocycles. The second kappa shape index (κ2) is 10.4. The van der Waals surface area contributed by atoms with E-state index in [2.05, 4.69) is 0 Å². The summed E-state index contributed by atoms with van der Waals surface area (Å²) in [5, 5.41) is 47.2. The topological polar surface area (TPSA) is 149 Å². The minimum absolute atomic E-state index is 0.0363. The van der Waals surface area contributed by atoms with Crippen molar-refractivity contribution in [2.45, 2.75) is 60.0 Å². The van der Waals surface area contributed by atoms with Crippen molar-refractivity contribution >= 4 is 40.5 Å². The van der Waals surface area contributed by atoms with Crippen molar-refractivity contribution in [2.24, 2.45) is 28.6 Å². The van der Waals surface area contributed by atoms with Crippen LogP contribution in [0.4, 0.5) is 0 Å². The van der Waals surface area contributed by atoms with Gasteiger partial charge in [-0.05, 0) is 41.5 Å². The van der Waals surface area contributed by atoms with Crippen molar-refractivity contribution in [3.63, 3.8) is 0 Å². The molecule has 0 radical (unpaired) electrons. The van der Waals surface area contributed by atoms with Crippen LogP contribution < -0.4 is 0 Å². The Bertz CT molecular complexity index is 1710. The summed E-state index contributed by atoms with van der Waals surface area (Å²) in [6.45, 7) is 9.47. The van der Waals surface area contributed by atoms with Crippen LogP contribution in [0, 0.1) is 28.6 Å². The van der Waals surface area contributed by atoms with Crippen molar-refractivity contribution in [1.82, 2.24) is 0 Å². The van der Waals surface area contributed by atoms with Gasteiger partial charge in [0.05, 0.1) is 11.1 Å². The summed E-state index contributed by atoms with van der Waals surface area (Å²) < 4.78 is 0. The maximum Gasteiger partial charge on any atom is 0.203 e. The molecule has 5 rings (SSSR count). The van der Waals surface area contributed by atoms with Gasteiger partial charge in [0, 0.05) is 29.6 Å². The van der Waals surface area contributed by atoms with Crippen LogP contribution >= 0.6 is 0 Å².